The van der Waals surface area contributed by atoms with Gasteiger partial charge in [0.2, 0.25) is 0 Å². The van der Waals surface area contributed by atoms with Gasteiger partial charge in [-0.1, -0.05) is 35.9 Å². The quantitative estimate of drug-likeness (QED) is 0.363. The lowest BCUT2D eigenvalue weighted by molar-refractivity contribution is 0.0954. The van der Waals surface area contributed by atoms with Gasteiger partial charge in [0.15, 0.2) is 0 Å². The van der Waals surface area contributed by atoms with Crippen molar-refractivity contribution in [1.29, 1.82) is 0 Å². The number of imidazole rings is 1. The predicted octanol–water partition coefficient (Wildman–Crippen LogP) is 4.88. The van der Waals surface area contributed by atoms with E-state index in [4.69, 9.17) is 9.72 Å². The van der Waals surface area contributed by atoms with E-state index in [2.05, 4.69) is 27.9 Å². The highest BCUT2D eigenvalue weighted by Gasteiger charge is 2.12. The van der Waals surface area contributed by atoms with Gasteiger partial charge in [0.1, 0.15) is 18.2 Å². The van der Waals surface area contributed by atoms with Crippen LogP contribution in [0.3, 0.4) is 0 Å². The van der Waals surface area contributed by atoms with Gasteiger partial charge in [-0.2, -0.15) is 0 Å². The minimum absolute atomic E-state index is 0.0862. The van der Waals surface area contributed by atoms with E-state index in [-0.39, 0.29) is 5.91 Å². The number of hydrogen-bond donors (Lipinski definition) is 2. The van der Waals surface area contributed by atoms with E-state index in [1.807, 2.05) is 72.9 Å². The number of para-hydroxylation sites is 2. The molecule has 0 saturated heterocycles. The molecular formula is C27H26N4O2. The van der Waals surface area contributed by atoms with Crippen LogP contribution in [-0.2, 0) is 13.0 Å². The van der Waals surface area contributed by atoms with Crippen molar-refractivity contribution in [3.8, 4) is 5.75 Å². The van der Waals surface area contributed by atoms with Crippen LogP contribution < -0.4 is 10.1 Å². The highest BCUT2D eigenvalue weighted by Crippen LogP contribution is 2.18. The molecule has 2 N–H and O–H groups in total. The first-order valence-electron chi connectivity index (χ1n) is 11.2. The fourth-order valence-electron chi connectivity index (χ4n) is 4.03. The van der Waals surface area contributed by atoms with Gasteiger partial charge in [0.25, 0.3) is 5.91 Å². The van der Waals surface area contributed by atoms with Crippen molar-refractivity contribution in [1.82, 2.24) is 19.9 Å². The van der Waals surface area contributed by atoms with Crippen molar-refractivity contribution in [2.45, 2.75) is 19.9 Å². The summed E-state index contributed by atoms with van der Waals surface area (Å²) in [5, 5.41) is 4.12. The van der Waals surface area contributed by atoms with Gasteiger partial charge in [0.05, 0.1) is 17.6 Å². The summed E-state index contributed by atoms with van der Waals surface area (Å²) in [5.41, 5.74) is 4.83. The maximum absolute atomic E-state index is 12.6. The Hall–Kier alpha value is -4.06. The molecule has 0 fully saturated rings. The van der Waals surface area contributed by atoms with E-state index in [0.717, 1.165) is 33.5 Å². The Kier molecular flexibility index (Phi) is 5.81. The average Bonchev–Trinajstić information content (AvgIpc) is 3.44. The van der Waals surface area contributed by atoms with E-state index in [1.165, 1.54) is 5.56 Å². The molecule has 6 nitrogen and oxygen atoms in total. The van der Waals surface area contributed by atoms with Crippen LogP contribution in [0.5, 0.6) is 5.75 Å². The molecule has 0 saturated carbocycles. The zero-order chi connectivity index (χ0) is 22.6. The Balaban J connectivity index is 1.25. The minimum Gasteiger partial charge on any atom is -0.492 e. The number of aryl methyl sites for hydroxylation is 1. The van der Waals surface area contributed by atoms with Crippen molar-refractivity contribution >= 4 is 27.8 Å². The molecule has 0 spiro atoms. The molecule has 0 radical (unpaired) electrons. The fourth-order valence-corrected chi connectivity index (χ4v) is 4.03. The number of hydrogen-bond acceptors (Lipinski definition) is 3. The molecule has 0 bridgehead atoms. The number of aromatic amines is 1. The Labute approximate surface area is 192 Å². The number of carbonyl (C=O) groups excluding carboxylic acids is 1. The summed E-state index contributed by atoms with van der Waals surface area (Å²) in [7, 11) is 0. The SMILES string of the molecule is Cc1ccc(OCCn2c(CCNC(=O)c3ccc4cc[nH]c4c3)nc3ccccc32)cc1. The minimum atomic E-state index is -0.0862. The van der Waals surface area contributed by atoms with Crippen molar-refractivity contribution < 1.29 is 9.53 Å². The number of carbonyl (C=O) groups is 1. The average molecular weight is 439 g/mol. The van der Waals surface area contributed by atoms with Gasteiger partial charge >= 0.3 is 0 Å². The van der Waals surface area contributed by atoms with E-state index >= 15 is 0 Å². The number of H-pyrrole nitrogens is 1. The molecule has 166 valence electrons. The molecule has 1 amide bonds. The predicted molar refractivity (Wildman–Crippen MR) is 131 cm³/mol. The number of rotatable bonds is 8. The summed E-state index contributed by atoms with van der Waals surface area (Å²) >= 11 is 0. The van der Waals surface area contributed by atoms with Crippen molar-refractivity contribution in [2.24, 2.45) is 0 Å². The van der Waals surface area contributed by atoms with Crippen LogP contribution in [0.2, 0.25) is 0 Å². The highest BCUT2D eigenvalue weighted by atomic mass is 16.5. The third-order valence-corrected chi connectivity index (χ3v) is 5.79. The zero-order valence-corrected chi connectivity index (χ0v) is 18.5. The second kappa shape index (κ2) is 9.20. The molecule has 0 unspecified atom stereocenters. The van der Waals surface area contributed by atoms with E-state index < -0.39 is 0 Å². The number of benzene rings is 3. The first-order chi connectivity index (χ1) is 16.2. The summed E-state index contributed by atoms with van der Waals surface area (Å²) in [6.45, 7) is 3.79. The molecule has 0 aliphatic heterocycles. The first kappa shape index (κ1) is 20.8. The van der Waals surface area contributed by atoms with E-state index in [1.54, 1.807) is 0 Å². The Morgan fingerprint density at radius 2 is 1.91 bits per heavy atom. The number of fused-ring (bicyclic) bond motifs is 2. The maximum Gasteiger partial charge on any atom is 0.251 e. The van der Waals surface area contributed by atoms with Gasteiger partial charge in [-0.15, -0.1) is 0 Å². The Morgan fingerprint density at radius 1 is 1.06 bits per heavy atom. The third kappa shape index (κ3) is 4.60. The zero-order valence-electron chi connectivity index (χ0n) is 18.5. The summed E-state index contributed by atoms with van der Waals surface area (Å²) in [6.07, 6.45) is 2.51. The molecule has 3 aromatic carbocycles. The first-order valence-corrected chi connectivity index (χ1v) is 11.2. The van der Waals surface area contributed by atoms with Crippen LogP contribution in [-0.4, -0.2) is 33.6 Å². The van der Waals surface area contributed by atoms with Crippen LogP contribution in [0.25, 0.3) is 21.9 Å². The summed E-state index contributed by atoms with van der Waals surface area (Å²) < 4.78 is 8.13. The van der Waals surface area contributed by atoms with Gasteiger partial charge in [-0.25, -0.2) is 4.98 Å². The van der Waals surface area contributed by atoms with Crippen LogP contribution >= 0.6 is 0 Å². The number of ether oxygens (including phenoxy) is 1. The number of amides is 1. The van der Waals surface area contributed by atoms with Crippen molar-refractivity contribution in [2.75, 3.05) is 13.2 Å². The van der Waals surface area contributed by atoms with Crippen molar-refractivity contribution in [3.05, 3.63) is 95.9 Å². The fraction of sp³-hybridized carbons (Fsp3) is 0.185. The number of aromatic nitrogens is 3. The normalized spacial score (nSPS) is 11.2. The lowest BCUT2D eigenvalue weighted by Gasteiger charge is -2.11. The third-order valence-electron chi connectivity index (χ3n) is 5.79. The summed E-state index contributed by atoms with van der Waals surface area (Å²) in [5.74, 6) is 1.71. The van der Waals surface area contributed by atoms with Gasteiger partial charge < -0.3 is 19.6 Å². The monoisotopic (exact) mass is 438 g/mol. The Morgan fingerprint density at radius 3 is 2.79 bits per heavy atom. The van der Waals surface area contributed by atoms with E-state index in [0.29, 0.717) is 31.7 Å². The maximum atomic E-state index is 12.6. The lowest BCUT2D eigenvalue weighted by Crippen LogP contribution is -2.26. The molecule has 0 atom stereocenters. The molecule has 2 heterocycles. The second-order valence-corrected chi connectivity index (χ2v) is 8.12. The molecule has 6 heteroatoms. The standard InChI is InChI=1S/C27H26N4O2/c1-19-6-10-22(11-7-19)33-17-16-31-25-5-3-2-4-23(25)30-26(31)13-15-29-27(32)21-9-8-20-12-14-28-24(20)18-21/h2-12,14,18,28H,13,15-17H2,1H3,(H,29,32). The summed E-state index contributed by atoms with van der Waals surface area (Å²) in [4.78, 5) is 20.6. The largest absolute Gasteiger partial charge is 0.492 e. The van der Waals surface area contributed by atoms with Crippen LogP contribution in [0, 0.1) is 6.92 Å². The number of nitrogens with one attached hydrogen (secondary N) is 2. The molecule has 0 aliphatic rings. The van der Waals surface area contributed by atoms with Gasteiger partial charge in [-0.05, 0) is 54.8 Å². The molecule has 5 aromatic rings. The molecular weight excluding hydrogens is 412 g/mol. The molecule has 0 aliphatic carbocycles. The molecule has 5 rings (SSSR count). The van der Waals surface area contributed by atoms with Gasteiger partial charge in [-0.3, -0.25) is 4.79 Å². The molecule has 2 aromatic heterocycles. The van der Waals surface area contributed by atoms with Gasteiger partial charge in [0, 0.05) is 30.2 Å². The lowest BCUT2D eigenvalue weighted by atomic mass is 10.1. The topological polar surface area (TPSA) is 71.9 Å². The molecule has 33 heavy (non-hydrogen) atoms. The van der Waals surface area contributed by atoms with Crippen molar-refractivity contribution in [3.63, 3.8) is 0 Å². The summed E-state index contributed by atoms with van der Waals surface area (Å²) in [6, 6.07) is 23.8. The Bertz CT molecular complexity index is 1400. The smallest absolute Gasteiger partial charge is 0.251 e. The van der Waals surface area contributed by atoms with Crippen LogP contribution in [0.15, 0.2) is 79.0 Å². The van der Waals surface area contributed by atoms with E-state index in [9.17, 15) is 4.79 Å². The highest BCUT2D eigenvalue weighted by molar-refractivity contribution is 5.97. The number of nitrogens with zero attached hydrogens (tertiary/aromatic N) is 2. The van der Waals surface area contributed by atoms with Crippen LogP contribution in [0.1, 0.15) is 21.7 Å². The van der Waals surface area contributed by atoms with Crippen LogP contribution in [0.4, 0.5) is 0 Å². The second-order valence-electron chi connectivity index (χ2n) is 8.12.